The summed E-state index contributed by atoms with van der Waals surface area (Å²) in [5, 5.41) is 5.00. The summed E-state index contributed by atoms with van der Waals surface area (Å²) in [6, 6.07) is 3.45. The van der Waals surface area contributed by atoms with Crippen LogP contribution in [0.2, 0.25) is 0 Å². The molecule has 3 aromatic heterocycles. The smallest absolute Gasteiger partial charge is 0.425 e. The number of ether oxygens (including phenoxy) is 1. The summed E-state index contributed by atoms with van der Waals surface area (Å²) in [4.78, 5) is 31.9. The Labute approximate surface area is 219 Å². The lowest BCUT2D eigenvalue weighted by Gasteiger charge is -2.19. The largest absolute Gasteiger partial charge is 0.488 e. The summed E-state index contributed by atoms with van der Waals surface area (Å²) >= 11 is 0. The first-order valence-electron chi connectivity index (χ1n) is 11.5. The molecule has 1 aromatic carbocycles. The molecule has 0 spiro atoms. The maximum absolute atomic E-state index is 14.9. The van der Waals surface area contributed by atoms with Gasteiger partial charge < -0.3 is 15.0 Å². The van der Waals surface area contributed by atoms with Gasteiger partial charge in [0.2, 0.25) is 0 Å². The van der Waals surface area contributed by atoms with E-state index >= 15 is 0 Å². The number of H-pyrrole nitrogens is 1. The van der Waals surface area contributed by atoms with Crippen molar-refractivity contribution in [3.05, 3.63) is 74.4 Å². The molecule has 0 aliphatic rings. The van der Waals surface area contributed by atoms with E-state index in [1.807, 2.05) is 0 Å². The number of nitrogens with zero attached hydrogens (tertiary/aromatic N) is 4. The highest BCUT2D eigenvalue weighted by Crippen LogP contribution is 2.33. The lowest BCUT2D eigenvalue weighted by Crippen LogP contribution is -2.29. The summed E-state index contributed by atoms with van der Waals surface area (Å²) in [6.07, 6.45) is -8.73. The third-order valence-corrected chi connectivity index (χ3v) is 5.80. The van der Waals surface area contributed by atoms with Crippen molar-refractivity contribution >= 4 is 16.6 Å². The van der Waals surface area contributed by atoms with Gasteiger partial charge in [0.05, 0.1) is 35.4 Å². The van der Waals surface area contributed by atoms with Gasteiger partial charge in [-0.15, -0.1) is 0 Å². The molecule has 9 nitrogen and oxygen atoms in total. The first-order chi connectivity index (χ1) is 18.8. The molecule has 4 aromatic rings. The van der Waals surface area contributed by atoms with Crippen molar-refractivity contribution in [2.75, 3.05) is 5.73 Å². The van der Waals surface area contributed by atoms with E-state index in [0.717, 1.165) is 16.8 Å². The van der Waals surface area contributed by atoms with Crippen LogP contribution in [0.1, 0.15) is 30.9 Å². The quantitative estimate of drug-likeness (QED) is 0.299. The second kappa shape index (κ2) is 10.9. The van der Waals surface area contributed by atoms with E-state index in [9.17, 15) is 40.3 Å². The van der Waals surface area contributed by atoms with Gasteiger partial charge in [0, 0.05) is 18.8 Å². The Balaban J connectivity index is 1.53. The number of fused-ring (bicyclic) bond motifs is 1. The van der Waals surface area contributed by atoms with E-state index in [0.29, 0.717) is 6.20 Å². The van der Waals surface area contributed by atoms with Gasteiger partial charge in [0.15, 0.2) is 17.1 Å². The van der Waals surface area contributed by atoms with Crippen LogP contribution in [0.5, 0.6) is 5.75 Å². The number of aromatic amines is 1. The molecule has 212 valence electrons. The summed E-state index contributed by atoms with van der Waals surface area (Å²) in [5.41, 5.74) is 0.763. The molecule has 0 saturated heterocycles. The number of nitrogens with two attached hydrogens (primary N) is 1. The van der Waals surface area contributed by atoms with Gasteiger partial charge in [0.1, 0.15) is 17.8 Å². The second-order valence-electron chi connectivity index (χ2n) is 8.73. The van der Waals surface area contributed by atoms with Crippen LogP contribution < -0.4 is 21.6 Å². The van der Waals surface area contributed by atoms with Crippen LogP contribution in [0, 0.1) is 5.82 Å². The molecule has 40 heavy (non-hydrogen) atoms. The van der Waals surface area contributed by atoms with Crippen LogP contribution in [-0.2, 0) is 12.7 Å². The molecule has 0 amide bonds. The van der Waals surface area contributed by atoms with Crippen molar-refractivity contribution in [2.24, 2.45) is 0 Å². The molecule has 0 aliphatic heterocycles. The van der Waals surface area contributed by atoms with Crippen LogP contribution in [0.4, 0.5) is 36.6 Å². The first-order valence-corrected chi connectivity index (χ1v) is 11.5. The molecule has 0 bridgehead atoms. The van der Waals surface area contributed by atoms with Crippen LogP contribution in [-0.4, -0.2) is 37.0 Å². The highest BCUT2D eigenvalue weighted by molar-refractivity contribution is 5.86. The fraction of sp³-hybridized carbons (Fsp3) is 0.292. The number of anilines is 1. The zero-order valence-electron chi connectivity index (χ0n) is 20.3. The molecule has 3 N–H and O–H groups in total. The molecular weight excluding hydrogens is 553 g/mol. The summed E-state index contributed by atoms with van der Waals surface area (Å²) < 4.78 is 101. The van der Waals surface area contributed by atoms with Crippen molar-refractivity contribution in [3.8, 4) is 17.1 Å². The molecule has 2 atom stereocenters. The number of nitrogens with one attached hydrogen (secondary N) is 1. The zero-order chi connectivity index (χ0) is 29.4. The maximum Gasteiger partial charge on any atom is 0.425 e. The fourth-order valence-corrected chi connectivity index (χ4v) is 3.98. The van der Waals surface area contributed by atoms with Crippen LogP contribution in [0.3, 0.4) is 0 Å². The van der Waals surface area contributed by atoms with Crippen molar-refractivity contribution in [3.63, 3.8) is 0 Å². The molecule has 0 radical (unpaired) electrons. The van der Waals surface area contributed by atoms with E-state index in [4.69, 9.17) is 10.5 Å². The Hall–Kier alpha value is -4.50. The van der Waals surface area contributed by atoms with Gasteiger partial charge in [-0.05, 0) is 30.5 Å². The third-order valence-electron chi connectivity index (χ3n) is 5.80. The summed E-state index contributed by atoms with van der Waals surface area (Å²) in [6.45, 7) is 0.733. The Kier molecular flexibility index (Phi) is 7.79. The SMILES string of the molecule is C[C@H](C[C@@H](F)Cn1ccc2cc(-c3ncc(C(F)F)c(N)n3)c(F)cc2c1=O)Oc1cn[nH]c(=O)c1C(F)(F)F. The lowest BCUT2D eigenvalue weighted by molar-refractivity contribution is -0.140. The van der Waals surface area contributed by atoms with E-state index in [-0.39, 0.29) is 22.2 Å². The van der Waals surface area contributed by atoms with Gasteiger partial charge in [-0.1, -0.05) is 0 Å². The predicted octanol–water partition coefficient (Wildman–Crippen LogP) is 4.42. The Morgan fingerprint density at radius 1 is 1.15 bits per heavy atom. The zero-order valence-corrected chi connectivity index (χ0v) is 20.3. The second-order valence-corrected chi connectivity index (χ2v) is 8.73. The first kappa shape index (κ1) is 28.5. The highest BCUT2D eigenvalue weighted by Gasteiger charge is 2.38. The lowest BCUT2D eigenvalue weighted by atomic mass is 10.1. The van der Waals surface area contributed by atoms with Crippen LogP contribution in [0.25, 0.3) is 22.2 Å². The van der Waals surface area contributed by atoms with Crippen LogP contribution >= 0.6 is 0 Å². The number of hydrogen-bond donors (Lipinski definition) is 2. The number of pyridine rings is 1. The number of benzene rings is 1. The van der Waals surface area contributed by atoms with Crippen molar-refractivity contribution in [2.45, 2.75) is 44.8 Å². The average Bonchev–Trinajstić information content (AvgIpc) is 2.84. The minimum atomic E-state index is -5.04. The Bertz CT molecular complexity index is 1670. The molecule has 3 heterocycles. The van der Waals surface area contributed by atoms with E-state index in [2.05, 4.69) is 15.1 Å². The van der Waals surface area contributed by atoms with Gasteiger partial charge >= 0.3 is 6.18 Å². The van der Waals surface area contributed by atoms with Crippen molar-refractivity contribution in [1.29, 1.82) is 0 Å². The Morgan fingerprint density at radius 3 is 2.52 bits per heavy atom. The molecule has 4 rings (SSSR count). The highest BCUT2D eigenvalue weighted by atomic mass is 19.4. The third kappa shape index (κ3) is 5.89. The van der Waals surface area contributed by atoms with Gasteiger partial charge in [-0.2, -0.15) is 18.3 Å². The predicted molar refractivity (Wildman–Crippen MR) is 128 cm³/mol. The molecule has 0 unspecified atom stereocenters. The maximum atomic E-state index is 14.9. The fourth-order valence-electron chi connectivity index (χ4n) is 3.98. The molecular formula is C24H19F7N6O3. The minimum Gasteiger partial charge on any atom is -0.488 e. The summed E-state index contributed by atoms with van der Waals surface area (Å²) in [7, 11) is 0. The number of aromatic nitrogens is 5. The molecule has 0 aliphatic carbocycles. The van der Waals surface area contributed by atoms with Gasteiger partial charge in [0.25, 0.3) is 17.5 Å². The van der Waals surface area contributed by atoms with Crippen LogP contribution in [0.15, 0.2) is 46.4 Å². The van der Waals surface area contributed by atoms with Crippen molar-refractivity contribution < 1.29 is 35.5 Å². The number of nitrogen functional groups attached to an aromatic ring is 1. The molecule has 16 heteroatoms. The average molecular weight is 572 g/mol. The standard InChI is InChI=1S/C24H19F7N6O3/c1-10(40-17-8-34-36-22(38)18(17)24(29,30)31)4-12(25)9-37-3-2-11-5-14(16(26)6-13(11)23(37)39)21-33-7-15(19(27)28)20(32)35-21/h2-3,5-8,10,12,19H,4,9H2,1H3,(H,36,38)(H2,32,33,35)/t10-,12-/m1/s1. The van der Waals surface area contributed by atoms with E-state index < -0.39 is 77.5 Å². The van der Waals surface area contributed by atoms with Crippen molar-refractivity contribution in [1.82, 2.24) is 24.7 Å². The van der Waals surface area contributed by atoms with E-state index in [1.165, 1.54) is 25.3 Å². The van der Waals surface area contributed by atoms with E-state index in [1.54, 1.807) is 5.10 Å². The number of alkyl halides is 6. The van der Waals surface area contributed by atoms with Gasteiger partial charge in [-0.25, -0.2) is 32.6 Å². The number of hydrogen-bond acceptors (Lipinski definition) is 7. The molecule has 0 fully saturated rings. The number of halogens is 7. The monoisotopic (exact) mass is 572 g/mol. The topological polar surface area (TPSA) is 129 Å². The minimum absolute atomic E-state index is 0.137. The molecule has 0 saturated carbocycles. The Morgan fingerprint density at radius 2 is 1.88 bits per heavy atom. The normalized spacial score (nSPS) is 13.5. The summed E-state index contributed by atoms with van der Waals surface area (Å²) in [5.74, 6) is -2.66. The van der Waals surface area contributed by atoms with Gasteiger partial charge in [-0.3, -0.25) is 9.59 Å². The number of rotatable bonds is 8.